The zero-order valence-electron chi connectivity index (χ0n) is 16.4. The van der Waals surface area contributed by atoms with Crippen molar-refractivity contribution in [3.8, 4) is 11.3 Å². The summed E-state index contributed by atoms with van der Waals surface area (Å²) in [6, 6.07) is 5.91. The third kappa shape index (κ3) is 4.75. The van der Waals surface area contributed by atoms with Crippen LogP contribution in [0.25, 0.3) is 11.3 Å². The van der Waals surface area contributed by atoms with E-state index in [4.69, 9.17) is 0 Å². The lowest BCUT2D eigenvalue weighted by Gasteiger charge is -2.21. The summed E-state index contributed by atoms with van der Waals surface area (Å²) in [6.07, 6.45) is 4.80. The number of nitrogens with one attached hydrogen (secondary N) is 2. The van der Waals surface area contributed by atoms with Crippen molar-refractivity contribution < 1.29 is 9.59 Å². The van der Waals surface area contributed by atoms with Gasteiger partial charge in [0.25, 0.3) is 0 Å². The third-order valence-corrected chi connectivity index (χ3v) is 5.56. The molecule has 0 aliphatic heterocycles. The summed E-state index contributed by atoms with van der Waals surface area (Å²) in [4.78, 5) is 28.9. The van der Waals surface area contributed by atoms with E-state index in [0.29, 0.717) is 5.13 Å². The number of anilines is 1. The first-order valence-corrected chi connectivity index (χ1v) is 10.3. The van der Waals surface area contributed by atoms with Gasteiger partial charge in [-0.15, -0.1) is 11.3 Å². The molecule has 0 radical (unpaired) electrons. The van der Waals surface area contributed by atoms with Crippen molar-refractivity contribution in [2.24, 2.45) is 5.41 Å². The van der Waals surface area contributed by atoms with Gasteiger partial charge < -0.3 is 10.6 Å². The molecule has 1 atom stereocenters. The highest BCUT2D eigenvalue weighted by Crippen LogP contribution is 2.29. The third-order valence-electron chi connectivity index (χ3n) is 4.80. The summed E-state index contributed by atoms with van der Waals surface area (Å²) in [5.74, 6) is -0.419. The van der Waals surface area contributed by atoms with Gasteiger partial charge in [0.15, 0.2) is 5.13 Å². The number of nitrogens with zero attached hydrogens (tertiary/aromatic N) is 1. The maximum Gasteiger partial charge on any atom is 0.248 e. The number of hydrogen-bond acceptors (Lipinski definition) is 4. The van der Waals surface area contributed by atoms with Crippen molar-refractivity contribution >= 4 is 28.3 Å². The SMILES string of the molecule is CC(NC(=O)C(C)(C)C)C(=O)Nc1nc(-c2ccc3c(c2)CCCC3)cs1. The molecule has 3 rings (SSSR count). The van der Waals surface area contributed by atoms with E-state index in [1.165, 1.54) is 35.3 Å². The zero-order chi connectivity index (χ0) is 19.6. The van der Waals surface area contributed by atoms with Gasteiger partial charge >= 0.3 is 0 Å². The quantitative estimate of drug-likeness (QED) is 0.829. The number of rotatable bonds is 4. The Morgan fingerprint density at radius 2 is 1.85 bits per heavy atom. The summed E-state index contributed by atoms with van der Waals surface area (Å²) >= 11 is 1.40. The molecule has 144 valence electrons. The fourth-order valence-corrected chi connectivity index (χ4v) is 3.77. The molecule has 2 amide bonds. The Bertz CT molecular complexity index is 851. The number of hydrogen-bond donors (Lipinski definition) is 2. The fraction of sp³-hybridized carbons (Fsp3) is 0.476. The number of thiazole rings is 1. The number of aryl methyl sites for hydroxylation is 2. The Morgan fingerprint density at radius 3 is 2.56 bits per heavy atom. The number of carbonyl (C=O) groups excluding carboxylic acids is 2. The van der Waals surface area contributed by atoms with Crippen LogP contribution in [0.3, 0.4) is 0 Å². The van der Waals surface area contributed by atoms with Gasteiger partial charge in [0.1, 0.15) is 6.04 Å². The van der Waals surface area contributed by atoms with Crippen molar-refractivity contribution in [3.05, 3.63) is 34.7 Å². The van der Waals surface area contributed by atoms with Gasteiger partial charge in [0, 0.05) is 16.4 Å². The maximum absolute atomic E-state index is 12.4. The van der Waals surface area contributed by atoms with Gasteiger partial charge in [-0.05, 0) is 49.8 Å². The van der Waals surface area contributed by atoms with Gasteiger partial charge in [0.2, 0.25) is 11.8 Å². The number of fused-ring (bicyclic) bond motifs is 1. The molecule has 1 aliphatic rings. The average molecular weight is 386 g/mol. The van der Waals surface area contributed by atoms with Crippen LogP contribution in [0.2, 0.25) is 0 Å². The van der Waals surface area contributed by atoms with E-state index in [-0.39, 0.29) is 11.8 Å². The summed E-state index contributed by atoms with van der Waals surface area (Å²) < 4.78 is 0. The monoisotopic (exact) mass is 385 g/mol. The molecule has 1 heterocycles. The standard InChI is InChI=1S/C21H27N3O2S/c1-13(22-19(26)21(2,3)4)18(25)24-20-23-17(12-27-20)16-10-9-14-7-5-6-8-15(14)11-16/h9-13H,5-8H2,1-4H3,(H,22,26)(H,23,24,25). The zero-order valence-corrected chi connectivity index (χ0v) is 17.2. The molecule has 1 aromatic carbocycles. The van der Waals surface area contributed by atoms with E-state index in [2.05, 4.69) is 33.8 Å². The number of carbonyl (C=O) groups is 2. The van der Waals surface area contributed by atoms with Crippen molar-refractivity contribution in [2.75, 3.05) is 5.32 Å². The normalized spacial score (nSPS) is 15.0. The van der Waals surface area contributed by atoms with Gasteiger partial charge in [0.05, 0.1) is 5.69 Å². The highest BCUT2D eigenvalue weighted by molar-refractivity contribution is 7.14. The largest absolute Gasteiger partial charge is 0.344 e. The smallest absolute Gasteiger partial charge is 0.248 e. The predicted molar refractivity (Wildman–Crippen MR) is 110 cm³/mol. The summed E-state index contributed by atoms with van der Waals surface area (Å²) in [7, 11) is 0. The Balaban J connectivity index is 1.65. The molecule has 1 aromatic heterocycles. The lowest BCUT2D eigenvalue weighted by atomic mass is 9.90. The van der Waals surface area contributed by atoms with Crippen LogP contribution in [0.4, 0.5) is 5.13 Å². The number of amides is 2. The molecular formula is C21H27N3O2S. The topological polar surface area (TPSA) is 71.1 Å². The summed E-state index contributed by atoms with van der Waals surface area (Å²) in [5, 5.41) is 8.05. The van der Waals surface area contributed by atoms with E-state index in [0.717, 1.165) is 24.1 Å². The second-order valence-electron chi connectivity index (χ2n) is 8.16. The second kappa shape index (κ2) is 7.80. The molecule has 0 spiro atoms. The molecule has 1 aliphatic carbocycles. The molecule has 0 saturated carbocycles. The summed E-state index contributed by atoms with van der Waals surface area (Å²) in [6.45, 7) is 7.13. The minimum absolute atomic E-state index is 0.154. The Hall–Kier alpha value is -2.21. The number of benzene rings is 1. The highest BCUT2D eigenvalue weighted by Gasteiger charge is 2.25. The average Bonchev–Trinajstić information content (AvgIpc) is 3.08. The molecule has 6 heteroatoms. The highest BCUT2D eigenvalue weighted by atomic mass is 32.1. The van der Waals surface area contributed by atoms with E-state index >= 15 is 0 Å². The fourth-order valence-electron chi connectivity index (χ4n) is 3.05. The Kier molecular flexibility index (Phi) is 5.65. The lowest BCUT2D eigenvalue weighted by Crippen LogP contribution is -2.46. The first-order chi connectivity index (χ1) is 12.7. The van der Waals surface area contributed by atoms with Crippen LogP contribution in [0.15, 0.2) is 23.6 Å². The maximum atomic E-state index is 12.4. The Labute approximate surface area is 164 Å². The van der Waals surface area contributed by atoms with Crippen molar-refractivity contribution in [2.45, 2.75) is 59.4 Å². The first-order valence-electron chi connectivity index (χ1n) is 9.43. The molecular weight excluding hydrogens is 358 g/mol. The molecule has 0 bridgehead atoms. The molecule has 0 saturated heterocycles. The van der Waals surface area contributed by atoms with Gasteiger partial charge in [-0.3, -0.25) is 9.59 Å². The van der Waals surface area contributed by atoms with Crippen LogP contribution in [0, 0.1) is 5.41 Å². The van der Waals surface area contributed by atoms with Crippen LogP contribution in [-0.2, 0) is 22.4 Å². The predicted octanol–water partition coefficient (Wildman–Crippen LogP) is 4.18. The van der Waals surface area contributed by atoms with E-state index in [1.807, 2.05) is 26.2 Å². The van der Waals surface area contributed by atoms with E-state index < -0.39 is 11.5 Å². The molecule has 27 heavy (non-hydrogen) atoms. The molecule has 0 fully saturated rings. The molecule has 2 N–H and O–H groups in total. The van der Waals surface area contributed by atoms with E-state index in [9.17, 15) is 9.59 Å². The lowest BCUT2D eigenvalue weighted by molar-refractivity contribution is -0.131. The van der Waals surface area contributed by atoms with Crippen LogP contribution in [0.5, 0.6) is 0 Å². The molecule has 1 unspecified atom stereocenters. The molecule has 5 nitrogen and oxygen atoms in total. The summed E-state index contributed by atoms with van der Waals surface area (Å²) in [5.41, 5.74) is 4.28. The van der Waals surface area contributed by atoms with Gasteiger partial charge in [-0.2, -0.15) is 0 Å². The van der Waals surface area contributed by atoms with Crippen LogP contribution in [-0.4, -0.2) is 22.8 Å². The van der Waals surface area contributed by atoms with Gasteiger partial charge in [-0.25, -0.2) is 4.98 Å². The van der Waals surface area contributed by atoms with Gasteiger partial charge in [-0.1, -0.05) is 32.9 Å². The minimum Gasteiger partial charge on any atom is -0.344 e. The van der Waals surface area contributed by atoms with Crippen molar-refractivity contribution in [3.63, 3.8) is 0 Å². The van der Waals surface area contributed by atoms with E-state index in [1.54, 1.807) is 6.92 Å². The number of aromatic nitrogens is 1. The molecule has 2 aromatic rings. The van der Waals surface area contributed by atoms with Crippen LogP contribution < -0.4 is 10.6 Å². The van der Waals surface area contributed by atoms with Crippen LogP contribution >= 0.6 is 11.3 Å². The Morgan fingerprint density at radius 1 is 1.15 bits per heavy atom. The second-order valence-corrected chi connectivity index (χ2v) is 9.02. The van der Waals surface area contributed by atoms with Crippen molar-refractivity contribution in [1.82, 2.24) is 10.3 Å². The minimum atomic E-state index is -0.618. The first kappa shape index (κ1) is 19.5. The van der Waals surface area contributed by atoms with Crippen LogP contribution in [0.1, 0.15) is 51.7 Å². The van der Waals surface area contributed by atoms with Crippen molar-refractivity contribution in [1.29, 1.82) is 0 Å².